The average molecular weight is 189 g/mol. The van der Waals surface area contributed by atoms with Crippen LogP contribution in [-0.2, 0) is 0 Å². The molecule has 1 heterocycles. The van der Waals surface area contributed by atoms with Crippen molar-refractivity contribution in [2.75, 3.05) is 13.1 Å². The number of rotatable bonds is 0. The number of nitrogens with two attached hydrogens (primary N) is 1. The van der Waals surface area contributed by atoms with Crippen LogP contribution in [0.15, 0.2) is 0 Å². The molecule has 2 unspecified atom stereocenters. The topological polar surface area (TPSA) is 58.3 Å². The molecule has 2 atom stereocenters. The van der Waals surface area contributed by atoms with Crippen molar-refractivity contribution in [2.45, 2.75) is 18.6 Å². The standard InChI is InChI=1S/C5H12N2O.2ClH/c6-4-3-7-2-1-5(4)8;;/h4-5,7-8H,1-3,6H2;2*1H. The lowest BCUT2D eigenvalue weighted by Gasteiger charge is -2.24. The highest BCUT2D eigenvalue weighted by Crippen LogP contribution is 1.98. The van der Waals surface area contributed by atoms with Crippen LogP contribution in [0.4, 0.5) is 0 Å². The van der Waals surface area contributed by atoms with Gasteiger partial charge in [0.05, 0.1) is 6.10 Å². The Balaban J connectivity index is 0. The third-order valence-electron chi connectivity index (χ3n) is 1.49. The average Bonchev–Trinajstić information content (AvgIpc) is 1.77. The van der Waals surface area contributed by atoms with E-state index < -0.39 is 0 Å². The predicted molar refractivity (Wildman–Crippen MR) is 46.0 cm³/mol. The zero-order valence-electron chi connectivity index (χ0n) is 5.62. The van der Waals surface area contributed by atoms with Gasteiger partial charge in [-0.05, 0) is 13.0 Å². The van der Waals surface area contributed by atoms with Crippen molar-refractivity contribution in [2.24, 2.45) is 5.73 Å². The van der Waals surface area contributed by atoms with Crippen molar-refractivity contribution in [1.29, 1.82) is 0 Å². The summed E-state index contributed by atoms with van der Waals surface area (Å²) in [5.41, 5.74) is 5.47. The summed E-state index contributed by atoms with van der Waals surface area (Å²) < 4.78 is 0. The smallest absolute Gasteiger partial charge is 0.0715 e. The molecule has 1 saturated heterocycles. The lowest BCUT2D eigenvalue weighted by Crippen LogP contribution is -2.49. The SMILES string of the molecule is Cl.Cl.NC1CNCCC1O. The summed E-state index contributed by atoms with van der Waals surface area (Å²) in [5, 5.41) is 12.1. The van der Waals surface area contributed by atoms with Crippen LogP contribution in [0.3, 0.4) is 0 Å². The molecule has 0 radical (unpaired) electrons. The first-order valence-corrected chi connectivity index (χ1v) is 2.95. The predicted octanol–water partition coefficient (Wildman–Crippen LogP) is -0.489. The largest absolute Gasteiger partial charge is 0.391 e. The molecule has 10 heavy (non-hydrogen) atoms. The minimum Gasteiger partial charge on any atom is -0.391 e. The van der Waals surface area contributed by atoms with Gasteiger partial charge in [0.15, 0.2) is 0 Å². The number of nitrogens with one attached hydrogen (secondary N) is 1. The Morgan fingerprint density at radius 2 is 2.00 bits per heavy atom. The van der Waals surface area contributed by atoms with E-state index in [4.69, 9.17) is 10.8 Å². The van der Waals surface area contributed by atoms with Crippen LogP contribution in [0.25, 0.3) is 0 Å². The summed E-state index contributed by atoms with van der Waals surface area (Å²) >= 11 is 0. The quantitative estimate of drug-likeness (QED) is 0.482. The van der Waals surface area contributed by atoms with Gasteiger partial charge < -0.3 is 16.2 Å². The highest BCUT2D eigenvalue weighted by molar-refractivity contribution is 5.85. The number of hydrogen-bond acceptors (Lipinski definition) is 3. The van der Waals surface area contributed by atoms with E-state index in [1.165, 1.54) is 0 Å². The minimum atomic E-state index is -0.281. The normalized spacial score (nSPS) is 31.8. The molecule has 1 aliphatic heterocycles. The van der Waals surface area contributed by atoms with Crippen LogP contribution in [-0.4, -0.2) is 30.3 Å². The second kappa shape index (κ2) is 6.19. The van der Waals surface area contributed by atoms with Gasteiger partial charge in [0.2, 0.25) is 0 Å². The van der Waals surface area contributed by atoms with Crippen molar-refractivity contribution in [3.63, 3.8) is 0 Å². The first kappa shape index (κ1) is 13.1. The molecular formula is C5H14Cl2N2O. The van der Waals surface area contributed by atoms with Crippen molar-refractivity contribution < 1.29 is 5.11 Å². The number of piperidine rings is 1. The summed E-state index contributed by atoms with van der Waals surface area (Å²) in [4.78, 5) is 0. The van der Waals surface area contributed by atoms with Gasteiger partial charge >= 0.3 is 0 Å². The van der Waals surface area contributed by atoms with E-state index in [1.807, 2.05) is 0 Å². The highest BCUT2D eigenvalue weighted by atomic mass is 35.5. The minimum absolute atomic E-state index is 0. The second-order valence-corrected chi connectivity index (χ2v) is 2.22. The number of halogens is 2. The van der Waals surface area contributed by atoms with E-state index in [0.29, 0.717) is 0 Å². The zero-order valence-corrected chi connectivity index (χ0v) is 7.25. The molecule has 0 aliphatic carbocycles. The fourth-order valence-electron chi connectivity index (χ4n) is 0.869. The highest BCUT2D eigenvalue weighted by Gasteiger charge is 2.17. The molecular weight excluding hydrogens is 175 g/mol. The molecule has 1 rings (SSSR count). The van der Waals surface area contributed by atoms with Gasteiger partial charge in [-0.15, -0.1) is 24.8 Å². The molecule has 1 fully saturated rings. The van der Waals surface area contributed by atoms with Crippen molar-refractivity contribution in [3.05, 3.63) is 0 Å². The van der Waals surface area contributed by atoms with Crippen LogP contribution < -0.4 is 11.1 Å². The monoisotopic (exact) mass is 188 g/mol. The first-order valence-electron chi connectivity index (χ1n) is 2.95. The van der Waals surface area contributed by atoms with E-state index in [2.05, 4.69) is 5.32 Å². The molecule has 0 aromatic carbocycles. The van der Waals surface area contributed by atoms with Gasteiger partial charge in [-0.1, -0.05) is 0 Å². The van der Waals surface area contributed by atoms with Gasteiger partial charge in [0.1, 0.15) is 0 Å². The molecule has 0 aromatic heterocycles. The molecule has 5 heteroatoms. The molecule has 64 valence electrons. The first-order chi connectivity index (χ1) is 3.80. The van der Waals surface area contributed by atoms with Gasteiger partial charge in [0.25, 0.3) is 0 Å². The van der Waals surface area contributed by atoms with Gasteiger partial charge in [-0.25, -0.2) is 0 Å². The second-order valence-electron chi connectivity index (χ2n) is 2.22. The lowest BCUT2D eigenvalue weighted by molar-refractivity contribution is 0.116. The molecule has 0 amide bonds. The molecule has 0 aromatic rings. The summed E-state index contributed by atoms with van der Waals surface area (Å²) in [7, 11) is 0. The van der Waals surface area contributed by atoms with Crippen molar-refractivity contribution in [1.82, 2.24) is 5.32 Å². The summed E-state index contributed by atoms with van der Waals surface area (Å²) in [6, 6.07) is -0.0521. The summed E-state index contributed by atoms with van der Waals surface area (Å²) in [6.45, 7) is 1.65. The van der Waals surface area contributed by atoms with Crippen molar-refractivity contribution >= 4 is 24.8 Å². The number of aliphatic hydroxyl groups is 1. The van der Waals surface area contributed by atoms with Crippen LogP contribution in [0, 0.1) is 0 Å². The van der Waals surface area contributed by atoms with E-state index >= 15 is 0 Å². The summed E-state index contributed by atoms with van der Waals surface area (Å²) in [5.74, 6) is 0. The van der Waals surface area contributed by atoms with Crippen LogP contribution in [0.2, 0.25) is 0 Å². The number of hydrogen-bond donors (Lipinski definition) is 3. The van der Waals surface area contributed by atoms with Crippen LogP contribution in [0.1, 0.15) is 6.42 Å². The van der Waals surface area contributed by atoms with Crippen LogP contribution in [0.5, 0.6) is 0 Å². The molecule has 0 spiro atoms. The van der Waals surface area contributed by atoms with Crippen molar-refractivity contribution in [3.8, 4) is 0 Å². The van der Waals surface area contributed by atoms with Gasteiger partial charge in [-0.2, -0.15) is 0 Å². The Morgan fingerprint density at radius 3 is 2.30 bits per heavy atom. The third kappa shape index (κ3) is 3.58. The fraction of sp³-hybridized carbons (Fsp3) is 1.00. The Bertz CT molecular complexity index is 74.0. The lowest BCUT2D eigenvalue weighted by atomic mass is 10.1. The van der Waals surface area contributed by atoms with E-state index in [-0.39, 0.29) is 37.0 Å². The maximum atomic E-state index is 9.01. The molecule has 0 saturated carbocycles. The maximum absolute atomic E-state index is 9.01. The number of aliphatic hydroxyl groups excluding tert-OH is 1. The summed E-state index contributed by atoms with van der Waals surface area (Å²) in [6.07, 6.45) is 0.512. The van der Waals surface area contributed by atoms with Gasteiger partial charge in [0, 0.05) is 12.6 Å². The fourth-order valence-corrected chi connectivity index (χ4v) is 0.869. The molecule has 1 aliphatic rings. The van der Waals surface area contributed by atoms with Crippen LogP contribution >= 0.6 is 24.8 Å². The van der Waals surface area contributed by atoms with E-state index in [9.17, 15) is 0 Å². The van der Waals surface area contributed by atoms with Gasteiger partial charge in [-0.3, -0.25) is 0 Å². The Hall–Kier alpha value is 0.460. The zero-order chi connectivity index (χ0) is 5.98. The third-order valence-corrected chi connectivity index (χ3v) is 1.49. The Kier molecular flexibility index (Phi) is 8.09. The Morgan fingerprint density at radius 1 is 1.40 bits per heavy atom. The molecule has 4 N–H and O–H groups in total. The Labute approximate surface area is 73.2 Å². The van der Waals surface area contributed by atoms with E-state index in [0.717, 1.165) is 19.5 Å². The molecule has 3 nitrogen and oxygen atoms in total. The molecule has 0 bridgehead atoms. The maximum Gasteiger partial charge on any atom is 0.0715 e. The van der Waals surface area contributed by atoms with E-state index in [1.54, 1.807) is 0 Å².